The van der Waals surface area contributed by atoms with Crippen LogP contribution in [-0.2, 0) is 16.0 Å². The summed E-state index contributed by atoms with van der Waals surface area (Å²) in [6, 6.07) is 2.82. The normalized spacial score (nSPS) is 18.0. The molecule has 1 aliphatic heterocycles. The summed E-state index contributed by atoms with van der Waals surface area (Å²) in [4.78, 5) is 22.1. The fourth-order valence-electron chi connectivity index (χ4n) is 1.96. The van der Waals surface area contributed by atoms with Crippen LogP contribution in [0.25, 0.3) is 0 Å². The minimum atomic E-state index is -0.953. The summed E-state index contributed by atoms with van der Waals surface area (Å²) in [5.41, 5.74) is 0.513. The summed E-state index contributed by atoms with van der Waals surface area (Å²) < 4.78 is 5.03. The molecule has 0 bridgehead atoms. The lowest BCUT2D eigenvalue weighted by Gasteiger charge is -2.24. The standard InChI is InChI=1S/C12H12O6/c13-8-3-1-6-5-7(2-4-9(14)15)18-12(17)10(6)11(8)16/h1,3,7,13,16H,2,4-5H2,(H,14,15)/t7-/m1/s1. The average molecular weight is 252 g/mol. The van der Waals surface area contributed by atoms with Crippen molar-refractivity contribution in [1.82, 2.24) is 0 Å². The zero-order chi connectivity index (χ0) is 13.3. The molecule has 2 rings (SSSR count). The van der Waals surface area contributed by atoms with Crippen LogP contribution in [0, 0.1) is 0 Å². The summed E-state index contributed by atoms with van der Waals surface area (Å²) in [5.74, 6) is -2.56. The van der Waals surface area contributed by atoms with Gasteiger partial charge in [-0.25, -0.2) is 4.79 Å². The number of hydrogen-bond donors (Lipinski definition) is 3. The van der Waals surface area contributed by atoms with Crippen LogP contribution in [0.15, 0.2) is 12.1 Å². The second-order valence-corrected chi connectivity index (χ2v) is 4.13. The van der Waals surface area contributed by atoms with E-state index >= 15 is 0 Å². The minimum Gasteiger partial charge on any atom is -0.504 e. The zero-order valence-electron chi connectivity index (χ0n) is 9.42. The zero-order valence-corrected chi connectivity index (χ0v) is 9.42. The van der Waals surface area contributed by atoms with Gasteiger partial charge in [-0.15, -0.1) is 0 Å². The molecule has 1 aliphatic rings. The first-order chi connectivity index (χ1) is 8.49. The van der Waals surface area contributed by atoms with Gasteiger partial charge in [0.2, 0.25) is 0 Å². The van der Waals surface area contributed by atoms with E-state index in [4.69, 9.17) is 9.84 Å². The lowest BCUT2D eigenvalue weighted by molar-refractivity contribution is -0.137. The fourth-order valence-corrected chi connectivity index (χ4v) is 1.96. The van der Waals surface area contributed by atoms with Gasteiger partial charge >= 0.3 is 11.9 Å². The SMILES string of the molecule is O=C(O)CC[C@@H]1Cc2ccc(O)c(O)c2C(=O)O1. The first-order valence-electron chi connectivity index (χ1n) is 5.45. The van der Waals surface area contributed by atoms with Crippen LogP contribution in [0.3, 0.4) is 0 Å². The number of benzene rings is 1. The van der Waals surface area contributed by atoms with E-state index in [1.807, 2.05) is 0 Å². The van der Waals surface area contributed by atoms with Gasteiger partial charge in [0.25, 0.3) is 0 Å². The van der Waals surface area contributed by atoms with Crippen molar-refractivity contribution in [3.05, 3.63) is 23.3 Å². The lowest BCUT2D eigenvalue weighted by atomic mass is 9.95. The molecule has 0 spiro atoms. The van der Waals surface area contributed by atoms with Gasteiger partial charge in [0.15, 0.2) is 11.5 Å². The molecule has 0 fully saturated rings. The summed E-state index contributed by atoms with van der Waals surface area (Å²) in [6.45, 7) is 0. The molecule has 1 atom stereocenters. The average Bonchev–Trinajstić information content (AvgIpc) is 2.31. The van der Waals surface area contributed by atoms with Crippen LogP contribution < -0.4 is 0 Å². The predicted molar refractivity (Wildman–Crippen MR) is 59.5 cm³/mol. The van der Waals surface area contributed by atoms with Gasteiger partial charge in [-0.3, -0.25) is 4.79 Å². The van der Waals surface area contributed by atoms with Crippen molar-refractivity contribution in [2.45, 2.75) is 25.4 Å². The van der Waals surface area contributed by atoms with Crippen LogP contribution in [0.1, 0.15) is 28.8 Å². The molecule has 1 aromatic carbocycles. The number of carboxylic acid groups (broad SMARTS) is 1. The maximum atomic E-state index is 11.7. The maximum absolute atomic E-state index is 11.7. The molecule has 0 saturated heterocycles. The number of ether oxygens (including phenoxy) is 1. The Kier molecular flexibility index (Phi) is 3.10. The number of carboxylic acids is 1. The molecule has 1 aromatic rings. The monoisotopic (exact) mass is 252 g/mol. The molecule has 6 nitrogen and oxygen atoms in total. The number of carbonyl (C=O) groups is 2. The van der Waals surface area contributed by atoms with Gasteiger partial charge in [-0.05, 0) is 18.1 Å². The summed E-state index contributed by atoms with van der Waals surface area (Å²) in [7, 11) is 0. The van der Waals surface area contributed by atoms with Crippen molar-refractivity contribution in [3.63, 3.8) is 0 Å². The third-order valence-corrected chi connectivity index (χ3v) is 2.85. The number of rotatable bonds is 3. The number of aromatic hydroxyl groups is 2. The van der Waals surface area contributed by atoms with Crippen LogP contribution >= 0.6 is 0 Å². The van der Waals surface area contributed by atoms with Crippen LogP contribution in [0.5, 0.6) is 11.5 Å². The Labute approximate surface area is 102 Å². The van der Waals surface area contributed by atoms with E-state index in [-0.39, 0.29) is 24.2 Å². The van der Waals surface area contributed by atoms with Crippen LogP contribution in [0.4, 0.5) is 0 Å². The van der Waals surface area contributed by atoms with Crippen molar-refractivity contribution in [1.29, 1.82) is 0 Å². The molecule has 0 unspecified atom stereocenters. The van der Waals surface area contributed by atoms with Crippen molar-refractivity contribution < 1.29 is 29.6 Å². The van der Waals surface area contributed by atoms with E-state index in [0.717, 1.165) is 0 Å². The number of hydrogen-bond acceptors (Lipinski definition) is 5. The first-order valence-corrected chi connectivity index (χ1v) is 5.45. The fraction of sp³-hybridized carbons (Fsp3) is 0.333. The number of phenols is 2. The van der Waals surface area contributed by atoms with Crippen molar-refractivity contribution in [2.24, 2.45) is 0 Å². The molecule has 0 amide bonds. The number of aliphatic carboxylic acids is 1. The number of esters is 1. The van der Waals surface area contributed by atoms with E-state index in [1.165, 1.54) is 12.1 Å². The molecule has 0 aromatic heterocycles. The van der Waals surface area contributed by atoms with E-state index in [9.17, 15) is 19.8 Å². The number of cyclic esters (lactones) is 1. The number of carbonyl (C=O) groups excluding carboxylic acids is 1. The molecular formula is C12H12O6. The minimum absolute atomic E-state index is 0.0402. The predicted octanol–water partition coefficient (Wildman–Crippen LogP) is 1.04. The van der Waals surface area contributed by atoms with Gasteiger partial charge in [0.1, 0.15) is 11.7 Å². The topological polar surface area (TPSA) is 104 Å². The summed E-state index contributed by atoms with van der Waals surface area (Å²) in [6.07, 6.45) is -0.0353. The molecule has 3 N–H and O–H groups in total. The third-order valence-electron chi connectivity index (χ3n) is 2.85. The Morgan fingerprint density at radius 1 is 1.39 bits per heavy atom. The molecular weight excluding hydrogens is 240 g/mol. The second-order valence-electron chi connectivity index (χ2n) is 4.13. The van der Waals surface area contributed by atoms with Gasteiger partial charge in [0.05, 0.1) is 0 Å². The number of phenolic OH excluding ortho intramolecular Hbond substituents is 2. The third kappa shape index (κ3) is 2.22. The highest BCUT2D eigenvalue weighted by atomic mass is 16.5. The molecule has 6 heteroatoms. The Balaban J connectivity index is 2.22. The van der Waals surface area contributed by atoms with Crippen LogP contribution in [0.2, 0.25) is 0 Å². The maximum Gasteiger partial charge on any atom is 0.342 e. The van der Waals surface area contributed by atoms with E-state index in [1.54, 1.807) is 0 Å². The molecule has 0 saturated carbocycles. The highest BCUT2D eigenvalue weighted by molar-refractivity contribution is 5.96. The Hall–Kier alpha value is -2.24. The second kappa shape index (κ2) is 4.56. The van der Waals surface area contributed by atoms with Gasteiger partial charge < -0.3 is 20.1 Å². The van der Waals surface area contributed by atoms with E-state index in [0.29, 0.717) is 12.0 Å². The quantitative estimate of drug-likeness (QED) is 0.548. The lowest BCUT2D eigenvalue weighted by Crippen LogP contribution is -2.28. The van der Waals surface area contributed by atoms with E-state index in [2.05, 4.69) is 0 Å². The highest BCUT2D eigenvalue weighted by Gasteiger charge is 2.30. The highest BCUT2D eigenvalue weighted by Crippen LogP contribution is 2.35. The van der Waals surface area contributed by atoms with Crippen molar-refractivity contribution in [2.75, 3.05) is 0 Å². The Morgan fingerprint density at radius 3 is 2.78 bits per heavy atom. The Bertz CT molecular complexity index is 508. The molecule has 1 heterocycles. The summed E-state index contributed by atoms with van der Waals surface area (Å²) >= 11 is 0. The van der Waals surface area contributed by atoms with Gasteiger partial charge in [0, 0.05) is 12.8 Å². The molecule has 18 heavy (non-hydrogen) atoms. The first kappa shape index (κ1) is 12.2. The van der Waals surface area contributed by atoms with Crippen molar-refractivity contribution in [3.8, 4) is 11.5 Å². The molecule has 96 valence electrons. The smallest absolute Gasteiger partial charge is 0.342 e. The van der Waals surface area contributed by atoms with E-state index < -0.39 is 23.8 Å². The van der Waals surface area contributed by atoms with Crippen molar-refractivity contribution >= 4 is 11.9 Å². The largest absolute Gasteiger partial charge is 0.504 e. The van der Waals surface area contributed by atoms with Gasteiger partial charge in [-0.2, -0.15) is 0 Å². The molecule has 0 radical (unpaired) electrons. The van der Waals surface area contributed by atoms with Crippen LogP contribution in [-0.4, -0.2) is 33.4 Å². The Morgan fingerprint density at radius 2 is 2.11 bits per heavy atom. The summed E-state index contributed by atoms with van der Waals surface area (Å²) in [5, 5.41) is 27.4. The number of fused-ring (bicyclic) bond motifs is 1. The molecule has 0 aliphatic carbocycles. The van der Waals surface area contributed by atoms with Gasteiger partial charge in [-0.1, -0.05) is 6.07 Å².